The van der Waals surface area contributed by atoms with Gasteiger partial charge in [-0.05, 0) is 18.9 Å². The Kier molecular flexibility index (Phi) is 5.20. The molecule has 0 radical (unpaired) electrons. The second kappa shape index (κ2) is 6.97. The Balaban J connectivity index is 2.03. The van der Waals surface area contributed by atoms with E-state index in [-0.39, 0.29) is 30.9 Å². The van der Waals surface area contributed by atoms with Crippen LogP contribution in [-0.4, -0.2) is 30.5 Å². The highest BCUT2D eigenvalue weighted by Crippen LogP contribution is 2.36. The van der Waals surface area contributed by atoms with Crippen LogP contribution in [0.15, 0.2) is 12.1 Å². The summed E-state index contributed by atoms with van der Waals surface area (Å²) in [4.78, 5) is 23.4. The molecule has 8 heteroatoms. The number of anilines is 2. The number of hydrogen-bond acceptors (Lipinski definition) is 5. The summed E-state index contributed by atoms with van der Waals surface area (Å²) in [5.41, 5.74) is 0.0549. The molecule has 1 heterocycles. The van der Waals surface area contributed by atoms with Crippen molar-refractivity contribution in [3.8, 4) is 11.8 Å². The van der Waals surface area contributed by atoms with Crippen LogP contribution < -0.4 is 20.7 Å². The fourth-order valence-electron chi connectivity index (χ4n) is 2.05. The molecule has 0 bridgehead atoms. The minimum atomic E-state index is -0.939. The van der Waals surface area contributed by atoms with E-state index in [0.29, 0.717) is 22.1 Å². The van der Waals surface area contributed by atoms with E-state index in [1.807, 2.05) is 13.8 Å². The molecule has 0 aliphatic carbocycles. The third-order valence-electron chi connectivity index (χ3n) is 3.93. The molecule has 24 heavy (non-hydrogen) atoms. The van der Waals surface area contributed by atoms with Gasteiger partial charge in [0.25, 0.3) is 5.91 Å². The summed E-state index contributed by atoms with van der Waals surface area (Å²) < 4.78 is 5.31. The molecule has 1 unspecified atom stereocenters. The Morgan fingerprint density at radius 3 is 2.88 bits per heavy atom. The summed E-state index contributed by atoms with van der Waals surface area (Å²) in [5.74, 6) is -0.124. The standard InChI is InChI=1S/C16H19ClN4O3/c1-9(2)16(3,8-18)21-14(22)6-19-11-5-13-12(4-10(11)17)20-15(23)7-24-13/h4-5,9,19H,6-7H2,1-3H3,(H,20,23)(H,21,22). The van der Waals surface area contributed by atoms with Crippen LogP contribution in [-0.2, 0) is 9.59 Å². The maximum atomic E-state index is 12.1. The maximum absolute atomic E-state index is 12.1. The maximum Gasteiger partial charge on any atom is 0.262 e. The van der Waals surface area contributed by atoms with E-state index in [0.717, 1.165) is 0 Å². The summed E-state index contributed by atoms with van der Waals surface area (Å²) in [6.45, 7) is 5.29. The zero-order valence-electron chi connectivity index (χ0n) is 13.7. The number of benzene rings is 1. The molecule has 0 saturated heterocycles. The molecule has 0 spiro atoms. The van der Waals surface area contributed by atoms with Crippen molar-refractivity contribution in [2.24, 2.45) is 5.92 Å². The molecule has 0 aromatic heterocycles. The fraction of sp³-hybridized carbons (Fsp3) is 0.438. The number of nitrogens with one attached hydrogen (secondary N) is 3. The second-order valence-corrected chi connectivity index (χ2v) is 6.44. The van der Waals surface area contributed by atoms with Crippen LogP contribution in [0.2, 0.25) is 5.02 Å². The van der Waals surface area contributed by atoms with Crippen molar-refractivity contribution in [2.45, 2.75) is 26.3 Å². The lowest BCUT2D eigenvalue weighted by molar-refractivity contribution is -0.121. The number of fused-ring (bicyclic) bond motifs is 1. The molecule has 3 N–H and O–H groups in total. The highest BCUT2D eigenvalue weighted by atomic mass is 35.5. The van der Waals surface area contributed by atoms with Crippen molar-refractivity contribution < 1.29 is 14.3 Å². The first kappa shape index (κ1) is 17.9. The summed E-state index contributed by atoms with van der Waals surface area (Å²) in [6.07, 6.45) is 0. The number of carbonyl (C=O) groups excluding carboxylic acids is 2. The van der Waals surface area contributed by atoms with Gasteiger partial charge in [0.05, 0.1) is 29.0 Å². The predicted molar refractivity (Wildman–Crippen MR) is 91.1 cm³/mol. The number of carbonyl (C=O) groups is 2. The molecule has 1 aliphatic heterocycles. The van der Waals surface area contributed by atoms with Gasteiger partial charge < -0.3 is 20.7 Å². The van der Waals surface area contributed by atoms with Crippen molar-refractivity contribution in [1.29, 1.82) is 5.26 Å². The molecule has 2 amide bonds. The Bertz CT molecular complexity index is 714. The summed E-state index contributed by atoms with van der Waals surface area (Å²) in [6, 6.07) is 5.30. The molecule has 1 aliphatic rings. The van der Waals surface area contributed by atoms with Gasteiger partial charge in [-0.3, -0.25) is 9.59 Å². The Morgan fingerprint density at radius 1 is 1.54 bits per heavy atom. The number of amides is 2. The highest BCUT2D eigenvalue weighted by Gasteiger charge is 2.29. The van der Waals surface area contributed by atoms with Gasteiger partial charge in [0, 0.05) is 6.07 Å². The van der Waals surface area contributed by atoms with Gasteiger partial charge >= 0.3 is 0 Å². The van der Waals surface area contributed by atoms with Gasteiger partial charge in [-0.15, -0.1) is 0 Å². The van der Waals surface area contributed by atoms with E-state index in [2.05, 4.69) is 22.0 Å². The van der Waals surface area contributed by atoms with E-state index < -0.39 is 5.54 Å². The Hall–Kier alpha value is -2.46. The smallest absolute Gasteiger partial charge is 0.262 e. The van der Waals surface area contributed by atoms with E-state index in [1.54, 1.807) is 19.1 Å². The monoisotopic (exact) mass is 350 g/mol. The van der Waals surface area contributed by atoms with Crippen molar-refractivity contribution in [3.05, 3.63) is 17.2 Å². The molecular formula is C16H19ClN4O3. The lowest BCUT2D eigenvalue weighted by Gasteiger charge is -2.27. The number of nitrogens with zero attached hydrogens (tertiary/aromatic N) is 1. The van der Waals surface area contributed by atoms with Crippen LogP contribution in [0.5, 0.6) is 5.75 Å². The normalized spacial score (nSPS) is 15.4. The first-order valence-corrected chi connectivity index (χ1v) is 7.85. The summed E-state index contributed by atoms with van der Waals surface area (Å²) >= 11 is 6.15. The first-order chi connectivity index (χ1) is 11.2. The number of rotatable bonds is 5. The Labute approximate surface area is 145 Å². The highest BCUT2D eigenvalue weighted by molar-refractivity contribution is 6.33. The lowest BCUT2D eigenvalue weighted by Crippen LogP contribution is -2.50. The molecule has 2 rings (SSSR count). The van der Waals surface area contributed by atoms with Crippen LogP contribution >= 0.6 is 11.6 Å². The quantitative estimate of drug-likeness (QED) is 0.754. The van der Waals surface area contributed by atoms with Crippen LogP contribution in [0.3, 0.4) is 0 Å². The topological polar surface area (TPSA) is 103 Å². The van der Waals surface area contributed by atoms with Crippen molar-refractivity contribution in [3.63, 3.8) is 0 Å². The lowest BCUT2D eigenvalue weighted by atomic mass is 9.90. The van der Waals surface area contributed by atoms with Gasteiger partial charge in [-0.2, -0.15) is 5.26 Å². The van der Waals surface area contributed by atoms with E-state index >= 15 is 0 Å². The largest absolute Gasteiger partial charge is 0.482 e. The minimum Gasteiger partial charge on any atom is -0.482 e. The Morgan fingerprint density at radius 2 is 2.25 bits per heavy atom. The molecule has 7 nitrogen and oxygen atoms in total. The third-order valence-corrected chi connectivity index (χ3v) is 4.24. The molecule has 1 atom stereocenters. The third kappa shape index (κ3) is 3.89. The second-order valence-electron chi connectivity index (χ2n) is 6.04. The van der Waals surface area contributed by atoms with E-state index in [1.165, 1.54) is 0 Å². The number of hydrogen-bond donors (Lipinski definition) is 3. The zero-order chi connectivity index (χ0) is 17.9. The van der Waals surface area contributed by atoms with Gasteiger partial charge in [0.2, 0.25) is 5.91 Å². The van der Waals surface area contributed by atoms with E-state index in [4.69, 9.17) is 16.3 Å². The van der Waals surface area contributed by atoms with Crippen molar-refractivity contribution in [1.82, 2.24) is 5.32 Å². The zero-order valence-corrected chi connectivity index (χ0v) is 14.5. The molecule has 128 valence electrons. The van der Waals surface area contributed by atoms with Gasteiger partial charge in [-0.1, -0.05) is 25.4 Å². The molecule has 1 aromatic carbocycles. The summed E-state index contributed by atoms with van der Waals surface area (Å²) in [7, 11) is 0. The average Bonchev–Trinajstić information content (AvgIpc) is 2.52. The minimum absolute atomic E-state index is 0.0317. The van der Waals surface area contributed by atoms with Crippen molar-refractivity contribution >= 4 is 34.8 Å². The van der Waals surface area contributed by atoms with Gasteiger partial charge in [0.1, 0.15) is 11.3 Å². The first-order valence-electron chi connectivity index (χ1n) is 7.47. The fourth-order valence-corrected chi connectivity index (χ4v) is 2.28. The van der Waals surface area contributed by atoms with Crippen LogP contribution in [0.25, 0.3) is 0 Å². The average molecular weight is 351 g/mol. The van der Waals surface area contributed by atoms with Gasteiger partial charge in [0.15, 0.2) is 6.61 Å². The molecule has 1 aromatic rings. The van der Waals surface area contributed by atoms with Crippen molar-refractivity contribution in [2.75, 3.05) is 23.8 Å². The number of ether oxygens (including phenoxy) is 1. The number of halogens is 1. The summed E-state index contributed by atoms with van der Waals surface area (Å²) in [5, 5.41) is 17.8. The molecule has 0 fully saturated rings. The van der Waals surface area contributed by atoms with Crippen LogP contribution in [0.1, 0.15) is 20.8 Å². The molecule has 0 saturated carbocycles. The van der Waals surface area contributed by atoms with Crippen LogP contribution in [0.4, 0.5) is 11.4 Å². The SMILES string of the molecule is CC(C)C(C)(C#N)NC(=O)CNc1cc2c(cc1Cl)NC(=O)CO2. The number of nitriles is 1. The van der Waals surface area contributed by atoms with Crippen LogP contribution in [0, 0.1) is 17.2 Å². The predicted octanol–water partition coefficient (Wildman–Crippen LogP) is 2.14. The van der Waals surface area contributed by atoms with Gasteiger partial charge in [-0.25, -0.2) is 0 Å². The molecular weight excluding hydrogens is 332 g/mol. The van der Waals surface area contributed by atoms with E-state index in [9.17, 15) is 14.9 Å².